The van der Waals surface area contributed by atoms with Crippen molar-refractivity contribution in [1.29, 1.82) is 5.26 Å². The van der Waals surface area contributed by atoms with E-state index < -0.39 is 10.0 Å². The highest BCUT2D eigenvalue weighted by molar-refractivity contribution is 7.89. The second-order valence-corrected chi connectivity index (χ2v) is 8.12. The van der Waals surface area contributed by atoms with E-state index in [-0.39, 0.29) is 29.8 Å². The molecule has 130 valence electrons. The fourth-order valence-corrected chi connectivity index (χ4v) is 4.75. The Morgan fingerprint density at radius 2 is 2.12 bits per heavy atom. The first-order valence-corrected chi connectivity index (χ1v) is 9.48. The minimum absolute atomic E-state index is 0.132. The quantitative estimate of drug-likeness (QED) is 0.819. The van der Waals surface area contributed by atoms with Gasteiger partial charge in [-0.1, -0.05) is 6.07 Å². The number of amides is 1. The minimum Gasteiger partial charge on any atom is -0.326 e. The lowest BCUT2D eigenvalue weighted by Gasteiger charge is -2.28. The Labute approximate surface area is 143 Å². The molecule has 24 heavy (non-hydrogen) atoms. The van der Waals surface area contributed by atoms with Crippen LogP contribution in [0.5, 0.6) is 0 Å². The number of sulfonamides is 1. The van der Waals surface area contributed by atoms with Gasteiger partial charge in [0.2, 0.25) is 15.9 Å². The van der Waals surface area contributed by atoms with E-state index in [1.54, 1.807) is 19.1 Å². The van der Waals surface area contributed by atoms with Gasteiger partial charge in [0.25, 0.3) is 0 Å². The Hall–Kier alpha value is -1.91. The predicted octanol–water partition coefficient (Wildman–Crippen LogP) is 2.66. The summed E-state index contributed by atoms with van der Waals surface area (Å²) in [7, 11) is -3.74. The summed E-state index contributed by atoms with van der Waals surface area (Å²) in [5.74, 6) is 0.104. The fourth-order valence-electron chi connectivity index (χ4n) is 2.80. The van der Waals surface area contributed by atoms with Crippen LogP contribution in [0, 0.1) is 24.2 Å². The molecule has 6 nitrogen and oxygen atoms in total. The van der Waals surface area contributed by atoms with Crippen molar-refractivity contribution in [3.8, 4) is 6.07 Å². The molecule has 2 rings (SSSR count). The van der Waals surface area contributed by atoms with E-state index in [1.165, 1.54) is 17.3 Å². The maximum Gasteiger partial charge on any atom is 0.243 e. The zero-order valence-corrected chi connectivity index (χ0v) is 15.1. The Bertz CT molecular complexity index is 764. The molecule has 1 unspecified atom stereocenters. The predicted molar refractivity (Wildman–Crippen MR) is 91.8 cm³/mol. The summed E-state index contributed by atoms with van der Waals surface area (Å²) in [6.07, 6.45) is 2.19. The molecule has 0 saturated heterocycles. The highest BCUT2D eigenvalue weighted by atomic mass is 32.2. The van der Waals surface area contributed by atoms with Gasteiger partial charge in [-0.3, -0.25) is 4.79 Å². The van der Waals surface area contributed by atoms with Gasteiger partial charge in [-0.15, -0.1) is 0 Å². The Morgan fingerprint density at radius 1 is 1.46 bits per heavy atom. The molecule has 1 atom stereocenters. The van der Waals surface area contributed by atoms with Crippen LogP contribution in [0.1, 0.15) is 38.7 Å². The summed E-state index contributed by atoms with van der Waals surface area (Å²) in [4.78, 5) is 11.4. The lowest BCUT2D eigenvalue weighted by atomic mass is 10.2. The van der Waals surface area contributed by atoms with Crippen LogP contribution in [-0.2, 0) is 14.8 Å². The molecule has 1 aromatic rings. The molecule has 7 heteroatoms. The number of aryl methyl sites for hydroxylation is 1. The standard InChI is InChI=1S/C17H23N3O3S/c1-12-5-8-16(19-14(3)21)11-17(12)24(22,23)20(10-4-9-18)13(2)15-6-7-15/h5,8,11,13,15H,4,6-7,10H2,1-3H3,(H,19,21). The summed E-state index contributed by atoms with van der Waals surface area (Å²) in [6.45, 7) is 5.19. The molecule has 1 aromatic carbocycles. The molecule has 1 aliphatic rings. The molecule has 0 aromatic heterocycles. The summed E-state index contributed by atoms with van der Waals surface area (Å²) < 4.78 is 27.8. The summed E-state index contributed by atoms with van der Waals surface area (Å²) in [5.41, 5.74) is 1.07. The highest BCUT2D eigenvalue weighted by Crippen LogP contribution is 2.37. The molecule has 1 N–H and O–H groups in total. The van der Waals surface area contributed by atoms with E-state index in [1.807, 2.05) is 13.0 Å². The highest BCUT2D eigenvalue weighted by Gasteiger charge is 2.38. The maximum absolute atomic E-state index is 13.2. The van der Waals surface area contributed by atoms with Gasteiger partial charge in [-0.25, -0.2) is 8.42 Å². The van der Waals surface area contributed by atoms with Crippen LogP contribution in [0.2, 0.25) is 0 Å². The normalized spacial score (nSPS) is 15.8. The maximum atomic E-state index is 13.2. The average Bonchev–Trinajstić information content (AvgIpc) is 3.33. The Balaban J connectivity index is 2.41. The SMILES string of the molecule is CC(=O)Nc1ccc(C)c(S(=O)(=O)N(CCC#N)C(C)C2CC2)c1. The topological polar surface area (TPSA) is 90.3 Å². The number of carbonyl (C=O) groups excluding carboxylic acids is 1. The molecular formula is C17H23N3O3S. The molecule has 1 aliphatic carbocycles. The Morgan fingerprint density at radius 3 is 2.67 bits per heavy atom. The lowest BCUT2D eigenvalue weighted by Crippen LogP contribution is -2.40. The van der Waals surface area contributed by atoms with Crippen molar-refractivity contribution in [3.63, 3.8) is 0 Å². The largest absolute Gasteiger partial charge is 0.326 e. The monoisotopic (exact) mass is 349 g/mol. The van der Waals surface area contributed by atoms with E-state index >= 15 is 0 Å². The van der Waals surface area contributed by atoms with Gasteiger partial charge in [-0.2, -0.15) is 9.57 Å². The van der Waals surface area contributed by atoms with Gasteiger partial charge in [-0.05, 0) is 50.3 Å². The van der Waals surface area contributed by atoms with E-state index in [9.17, 15) is 13.2 Å². The zero-order chi connectivity index (χ0) is 17.9. The molecule has 0 heterocycles. The number of hydrogen-bond donors (Lipinski definition) is 1. The van der Waals surface area contributed by atoms with Crippen molar-refractivity contribution in [2.45, 2.75) is 51.0 Å². The molecule has 0 aliphatic heterocycles. The third kappa shape index (κ3) is 4.13. The number of anilines is 1. The van der Waals surface area contributed by atoms with Gasteiger partial charge in [0, 0.05) is 31.6 Å². The van der Waals surface area contributed by atoms with Crippen molar-refractivity contribution in [3.05, 3.63) is 23.8 Å². The third-order valence-corrected chi connectivity index (χ3v) is 6.43. The lowest BCUT2D eigenvalue weighted by molar-refractivity contribution is -0.114. The number of carbonyl (C=O) groups is 1. The third-order valence-electron chi connectivity index (χ3n) is 4.30. The van der Waals surface area contributed by atoms with Crippen molar-refractivity contribution in [1.82, 2.24) is 4.31 Å². The summed E-state index contributed by atoms with van der Waals surface area (Å²) in [6, 6.07) is 6.75. The number of nitriles is 1. The van der Waals surface area contributed by atoms with E-state index in [2.05, 4.69) is 5.32 Å². The van der Waals surface area contributed by atoms with Crippen LogP contribution in [0.3, 0.4) is 0 Å². The van der Waals surface area contributed by atoms with Gasteiger partial charge in [0.05, 0.1) is 11.0 Å². The fraction of sp³-hybridized carbons (Fsp3) is 0.529. The first kappa shape index (κ1) is 18.4. The van der Waals surface area contributed by atoms with E-state index in [0.29, 0.717) is 17.2 Å². The summed E-state index contributed by atoms with van der Waals surface area (Å²) >= 11 is 0. The summed E-state index contributed by atoms with van der Waals surface area (Å²) in [5, 5.41) is 11.5. The van der Waals surface area contributed by atoms with Gasteiger partial charge < -0.3 is 5.32 Å². The number of benzene rings is 1. The molecule has 0 radical (unpaired) electrons. The van der Waals surface area contributed by atoms with Crippen LogP contribution in [0.4, 0.5) is 5.69 Å². The number of hydrogen-bond acceptors (Lipinski definition) is 4. The van der Waals surface area contributed by atoms with E-state index in [0.717, 1.165) is 12.8 Å². The minimum atomic E-state index is -3.74. The van der Waals surface area contributed by atoms with Crippen molar-refractivity contribution < 1.29 is 13.2 Å². The van der Waals surface area contributed by atoms with Crippen molar-refractivity contribution >= 4 is 21.6 Å². The Kier molecular flexibility index (Phi) is 5.62. The molecule has 1 fully saturated rings. The van der Waals surface area contributed by atoms with Crippen LogP contribution in [-0.4, -0.2) is 31.2 Å². The second kappa shape index (κ2) is 7.32. The first-order chi connectivity index (χ1) is 11.3. The van der Waals surface area contributed by atoms with Gasteiger partial charge in [0.1, 0.15) is 0 Å². The molecule has 0 spiro atoms. The van der Waals surface area contributed by atoms with Crippen LogP contribution >= 0.6 is 0 Å². The van der Waals surface area contributed by atoms with Crippen LogP contribution in [0.15, 0.2) is 23.1 Å². The molecule has 1 saturated carbocycles. The smallest absolute Gasteiger partial charge is 0.243 e. The first-order valence-electron chi connectivity index (χ1n) is 8.04. The van der Waals surface area contributed by atoms with Crippen LogP contribution < -0.4 is 5.32 Å². The van der Waals surface area contributed by atoms with Crippen molar-refractivity contribution in [2.75, 3.05) is 11.9 Å². The van der Waals surface area contributed by atoms with Gasteiger partial charge >= 0.3 is 0 Å². The number of nitrogens with zero attached hydrogens (tertiary/aromatic N) is 2. The molecule has 0 bridgehead atoms. The average molecular weight is 349 g/mol. The van der Waals surface area contributed by atoms with E-state index in [4.69, 9.17) is 5.26 Å². The number of rotatable bonds is 7. The molecular weight excluding hydrogens is 326 g/mol. The second-order valence-electron chi connectivity index (χ2n) is 6.26. The number of nitrogens with one attached hydrogen (secondary N) is 1. The molecule has 1 amide bonds. The van der Waals surface area contributed by atoms with Crippen molar-refractivity contribution in [2.24, 2.45) is 5.92 Å². The van der Waals surface area contributed by atoms with Crippen LogP contribution in [0.25, 0.3) is 0 Å². The zero-order valence-electron chi connectivity index (χ0n) is 14.2. The van der Waals surface area contributed by atoms with Gasteiger partial charge in [0.15, 0.2) is 0 Å².